The Morgan fingerprint density at radius 2 is 1.53 bits per heavy atom. The van der Waals surface area contributed by atoms with Crippen LogP contribution >= 0.6 is 15.9 Å². The van der Waals surface area contributed by atoms with Crippen LogP contribution in [0.5, 0.6) is 0 Å². The first-order valence-corrected chi connectivity index (χ1v) is 10.7. The van der Waals surface area contributed by atoms with Crippen molar-refractivity contribution in [2.75, 3.05) is 28.6 Å². The molecular weight excluding hydrogens is 520 g/mol. The Balaban J connectivity index is 1.68. The number of nitrogens with zero attached hydrogens (tertiary/aromatic N) is 1. The minimum absolute atomic E-state index is 0.00717. The van der Waals surface area contributed by atoms with E-state index in [0.717, 1.165) is 28.7 Å². The third kappa shape index (κ3) is 7.20. The minimum atomic E-state index is -4.57. The highest BCUT2D eigenvalue weighted by molar-refractivity contribution is 9.10. The summed E-state index contributed by atoms with van der Waals surface area (Å²) in [6.45, 7) is -0.0322. The van der Waals surface area contributed by atoms with Gasteiger partial charge in [-0.2, -0.15) is 13.2 Å². The number of urea groups is 2. The first kappa shape index (κ1) is 25.0. The first-order valence-electron chi connectivity index (χ1n) is 9.93. The zero-order valence-electron chi connectivity index (χ0n) is 17.5. The van der Waals surface area contributed by atoms with E-state index in [9.17, 15) is 27.2 Å². The molecule has 178 valence electrons. The van der Waals surface area contributed by atoms with E-state index < -0.39 is 29.6 Å². The van der Waals surface area contributed by atoms with Crippen molar-refractivity contribution in [1.82, 2.24) is 5.32 Å². The number of nitrogens with one attached hydrogen (secondary N) is 3. The van der Waals surface area contributed by atoms with Crippen LogP contribution in [0, 0.1) is 5.82 Å². The normalized spacial score (nSPS) is 11.0. The number of hydrogen-bond acceptors (Lipinski definition) is 2. The van der Waals surface area contributed by atoms with Crippen molar-refractivity contribution in [3.63, 3.8) is 0 Å². The Labute approximate surface area is 201 Å². The van der Waals surface area contributed by atoms with E-state index in [0.29, 0.717) is 11.4 Å². The van der Waals surface area contributed by atoms with Crippen LogP contribution in [0.1, 0.15) is 5.56 Å². The van der Waals surface area contributed by atoms with E-state index >= 15 is 0 Å². The van der Waals surface area contributed by atoms with Gasteiger partial charge in [0.15, 0.2) is 0 Å². The first-order chi connectivity index (χ1) is 16.1. The lowest BCUT2D eigenvalue weighted by molar-refractivity contribution is -0.137. The van der Waals surface area contributed by atoms with E-state index in [1.807, 2.05) is 0 Å². The molecule has 3 aromatic rings. The van der Waals surface area contributed by atoms with E-state index in [1.54, 1.807) is 24.3 Å². The number of carbonyl (C=O) groups is 2. The number of alkyl halides is 3. The molecule has 6 nitrogen and oxygen atoms in total. The maximum atomic E-state index is 13.4. The largest absolute Gasteiger partial charge is 0.416 e. The molecule has 0 spiro atoms. The summed E-state index contributed by atoms with van der Waals surface area (Å²) >= 11 is 3.30. The van der Waals surface area contributed by atoms with Gasteiger partial charge in [-0.25, -0.2) is 14.0 Å². The quantitative estimate of drug-likeness (QED) is 0.315. The molecular formula is C23H19BrF4N4O2. The predicted octanol–water partition coefficient (Wildman–Crippen LogP) is 6.47. The second-order valence-corrected chi connectivity index (χ2v) is 7.94. The molecule has 0 unspecified atom stereocenters. The van der Waals surface area contributed by atoms with Crippen LogP contribution < -0.4 is 20.9 Å². The zero-order valence-corrected chi connectivity index (χ0v) is 19.1. The van der Waals surface area contributed by atoms with Gasteiger partial charge < -0.3 is 16.0 Å². The summed E-state index contributed by atoms with van der Waals surface area (Å²) in [6.07, 6.45) is -4.57. The van der Waals surface area contributed by atoms with Crippen LogP contribution in [-0.4, -0.2) is 25.2 Å². The Morgan fingerprint density at radius 3 is 2.18 bits per heavy atom. The molecule has 4 amide bonds. The van der Waals surface area contributed by atoms with Gasteiger partial charge in [0.2, 0.25) is 0 Å². The molecule has 0 aliphatic carbocycles. The molecule has 0 heterocycles. The molecule has 0 atom stereocenters. The average Bonchev–Trinajstić information content (AvgIpc) is 2.77. The number of benzene rings is 3. The van der Waals surface area contributed by atoms with Gasteiger partial charge in [-0.3, -0.25) is 4.90 Å². The lowest BCUT2D eigenvalue weighted by Crippen LogP contribution is -2.42. The summed E-state index contributed by atoms with van der Waals surface area (Å²) < 4.78 is 53.1. The molecule has 0 radical (unpaired) electrons. The fourth-order valence-electron chi connectivity index (χ4n) is 2.96. The van der Waals surface area contributed by atoms with Crippen molar-refractivity contribution < 1.29 is 27.2 Å². The molecule has 34 heavy (non-hydrogen) atoms. The van der Waals surface area contributed by atoms with Gasteiger partial charge >= 0.3 is 18.2 Å². The fourth-order valence-corrected chi connectivity index (χ4v) is 3.36. The van der Waals surface area contributed by atoms with Gasteiger partial charge in [0.05, 0.1) is 5.56 Å². The molecule has 3 N–H and O–H groups in total. The third-order valence-electron chi connectivity index (χ3n) is 4.53. The van der Waals surface area contributed by atoms with Crippen molar-refractivity contribution in [2.24, 2.45) is 0 Å². The van der Waals surface area contributed by atoms with Crippen LogP contribution in [0.25, 0.3) is 0 Å². The Bertz CT molecular complexity index is 1160. The van der Waals surface area contributed by atoms with Crippen molar-refractivity contribution in [1.29, 1.82) is 0 Å². The monoisotopic (exact) mass is 538 g/mol. The molecule has 0 aromatic heterocycles. The summed E-state index contributed by atoms with van der Waals surface area (Å²) in [5.41, 5.74) is -0.138. The van der Waals surface area contributed by atoms with E-state index in [1.165, 1.54) is 29.2 Å². The lowest BCUT2D eigenvalue weighted by Gasteiger charge is -2.24. The van der Waals surface area contributed by atoms with Crippen LogP contribution in [0.2, 0.25) is 0 Å². The number of anilines is 3. The van der Waals surface area contributed by atoms with Gasteiger partial charge in [0.25, 0.3) is 0 Å². The van der Waals surface area contributed by atoms with Crippen LogP contribution in [0.3, 0.4) is 0 Å². The SMILES string of the molecule is O=C(NCCN(C(=O)Nc1cccc(C(F)(F)F)c1)c1ccc(F)cc1)Nc1cccc(Br)c1. The number of halogens is 5. The van der Waals surface area contributed by atoms with Gasteiger partial charge in [-0.15, -0.1) is 0 Å². The topological polar surface area (TPSA) is 73.5 Å². The summed E-state index contributed by atoms with van der Waals surface area (Å²) in [5.74, 6) is -0.520. The van der Waals surface area contributed by atoms with Crippen molar-refractivity contribution >= 4 is 45.1 Å². The van der Waals surface area contributed by atoms with Gasteiger partial charge in [-0.1, -0.05) is 28.1 Å². The second-order valence-electron chi connectivity index (χ2n) is 7.03. The highest BCUT2D eigenvalue weighted by atomic mass is 79.9. The molecule has 11 heteroatoms. The number of amides is 4. The molecule has 0 saturated carbocycles. The molecule has 0 bridgehead atoms. The fraction of sp³-hybridized carbons (Fsp3) is 0.130. The summed E-state index contributed by atoms with van der Waals surface area (Å²) in [7, 11) is 0. The molecule has 3 rings (SSSR count). The number of carbonyl (C=O) groups excluding carboxylic acids is 2. The standard InChI is InChI=1S/C23H19BrF4N4O2/c24-16-4-2-6-19(14-16)30-21(33)29-11-12-32(20-9-7-17(25)8-10-20)22(34)31-18-5-1-3-15(13-18)23(26,27)28/h1-10,13-14H,11-12H2,(H,31,34)(H2,29,30,33). The molecule has 0 aliphatic rings. The smallest absolute Gasteiger partial charge is 0.336 e. The minimum Gasteiger partial charge on any atom is -0.336 e. The number of rotatable bonds is 6. The maximum Gasteiger partial charge on any atom is 0.416 e. The Hall–Kier alpha value is -3.60. The van der Waals surface area contributed by atoms with Gasteiger partial charge in [0.1, 0.15) is 5.82 Å². The maximum absolute atomic E-state index is 13.4. The predicted molar refractivity (Wildman–Crippen MR) is 125 cm³/mol. The van der Waals surface area contributed by atoms with Crippen molar-refractivity contribution in [2.45, 2.75) is 6.18 Å². The van der Waals surface area contributed by atoms with E-state index in [-0.39, 0.29) is 18.8 Å². The van der Waals surface area contributed by atoms with Crippen molar-refractivity contribution in [3.8, 4) is 0 Å². The molecule has 3 aromatic carbocycles. The van der Waals surface area contributed by atoms with Crippen LogP contribution in [-0.2, 0) is 6.18 Å². The highest BCUT2D eigenvalue weighted by Gasteiger charge is 2.30. The molecule has 0 saturated heterocycles. The van der Waals surface area contributed by atoms with Crippen LogP contribution in [0.15, 0.2) is 77.3 Å². The van der Waals surface area contributed by atoms with E-state index in [2.05, 4.69) is 31.9 Å². The Morgan fingerprint density at radius 1 is 0.882 bits per heavy atom. The summed E-state index contributed by atoms with van der Waals surface area (Å²) in [5, 5.41) is 7.65. The zero-order chi connectivity index (χ0) is 24.7. The molecule has 0 aliphatic heterocycles. The summed E-state index contributed by atoms with van der Waals surface area (Å²) in [6, 6.07) is 14.9. The van der Waals surface area contributed by atoms with Gasteiger partial charge in [0, 0.05) is 34.6 Å². The van der Waals surface area contributed by atoms with Crippen molar-refractivity contribution in [3.05, 3.63) is 88.6 Å². The second kappa shape index (κ2) is 11.0. The summed E-state index contributed by atoms with van der Waals surface area (Å²) in [4.78, 5) is 26.2. The average molecular weight is 539 g/mol. The van der Waals surface area contributed by atoms with Crippen LogP contribution in [0.4, 0.5) is 44.2 Å². The molecule has 0 fully saturated rings. The third-order valence-corrected chi connectivity index (χ3v) is 5.02. The number of hydrogen-bond donors (Lipinski definition) is 3. The Kier molecular flexibility index (Phi) is 8.11. The lowest BCUT2D eigenvalue weighted by atomic mass is 10.2. The van der Waals surface area contributed by atoms with Gasteiger partial charge in [-0.05, 0) is 60.7 Å². The highest BCUT2D eigenvalue weighted by Crippen LogP contribution is 2.30. The van der Waals surface area contributed by atoms with E-state index in [4.69, 9.17) is 0 Å².